The lowest BCUT2D eigenvalue weighted by molar-refractivity contribution is 0.259. The summed E-state index contributed by atoms with van der Waals surface area (Å²) in [6.07, 6.45) is 10.7. The first kappa shape index (κ1) is 28.0. The summed E-state index contributed by atoms with van der Waals surface area (Å²) in [6.45, 7) is 10.2. The Morgan fingerprint density at radius 3 is 2.38 bits per heavy atom. The van der Waals surface area contributed by atoms with E-state index in [-0.39, 0.29) is 17.6 Å². The SMILES string of the molecule is CC(C)=CCC/C=C(\C)CNC/C=C\c1ccc(C2Oc3ccc(O)cc3C(C)=C2c2cccc(O)c2)cc1. The molecule has 1 heterocycles. The van der Waals surface area contributed by atoms with Gasteiger partial charge in [-0.2, -0.15) is 0 Å². The van der Waals surface area contributed by atoms with Crippen molar-refractivity contribution in [3.05, 3.63) is 118 Å². The summed E-state index contributed by atoms with van der Waals surface area (Å²) in [5, 5.41) is 23.7. The lowest BCUT2D eigenvalue weighted by Crippen LogP contribution is -2.16. The average Bonchev–Trinajstić information content (AvgIpc) is 2.91. The molecule has 4 rings (SSSR count). The maximum absolute atomic E-state index is 10.2. The van der Waals surface area contributed by atoms with Crippen molar-refractivity contribution in [2.75, 3.05) is 13.1 Å². The van der Waals surface area contributed by atoms with E-state index >= 15 is 0 Å². The smallest absolute Gasteiger partial charge is 0.150 e. The molecule has 0 amide bonds. The molecule has 39 heavy (non-hydrogen) atoms. The van der Waals surface area contributed by atoms with Gasteiger partial charge in [-0.15, -0.1) is 0 Å². The maximum Gasteiger partial charge on any atom is 0.150 e. The van der Waals surface area contributed by atoms with Gasteiger partial charge in [0.25, 0.3) is 0 Å². The Kier molecular flexibility index (Phi) is 9.45. The van der Waals surface area contributed by atoms with E-state index in [1.54, 1.807) is 24.3 Å². The number of phenols is 2. The fourth-order valence-corrected chi connectivity index (χ4v) is 4.82. The zero-order valence-electron chi connectivity index (χ0n) is 23.4. The quantitative estimate of drug-likeness (QED) is 0.185. The van der Waals surface area contributed by atoms with Crippen molar-refractivity contribution in [3.8, 4) is 17.2 Å². The molecule has 4 nitrogen and oxygen atoms in total. The predicted molar refractivity (Wildman–Crippen MR) is 163 cm³/mol. The molecule has 0 aliphatic carbocycles. The van der Waals surface area contributed by atoms with Crippen LogP contribution in [0, 0.1) is 0 Å². The van der Waals surface area contributed by atoms with E-state index in [0.29, 0.717) is 0 Å². The topological polar surface area (TPSA) is 61.7 Å². The summed E-state index contributed by atoms with van der Waals surface area (Å²) in [4.78, 5) is 0. The van der Waals surface area contributed by atoms with E-state index in [1.165, 1.54) is 11.1 Å². The van der Waals surface area contributed by atoms with Gasteiger partial charge in [0.05, 0.1) is 0 Å². The number of benzene rings is 3. The molecular weight excluding hydrogens is 482 g/mol. The summed E-state index contributed by atoms with van der Waals surface area (Å²) < 4.78 is 6.49. The minimum atomic E-state index is -0.338. The van der Waals surface area contributed by atoms with E-state index < -0.39 is 0 Å². The minimum Gasteiger partial charge on any atom is -0.508 e. The number of phenolic OH excluding ortho intramolecular Hbond substituents is 2. The highest BCUT2D eigenvalue weighted by Crippen LogP contribution is 2.47. The fourth-order valence-electron chi connectivity index (χ4n) is 4.82. The first-order valence-electron chi connectivity index (χ1n) is 13.6. The van der Waals surface area contributed by atoms with Crippen molar-refractivity contribution in [3.63, 3.8) is 0 Å². The highest BCUT2D eigenvalue weighted by Gasteiger charge is 2.29. The number of unbranched alkanes of at least 4 members (excludes halogenated alkanes) is 1. The van der Waals surface area contributed by atoms with Crippen LogP contribution in [0.1, 0.15) is 68.9 Å². The molecule has 0 aromatic heterocycles. The Labute approximate surface area is 232 Å². The summed E-state index contributed by atoms with van der Waals surface area (Å²) in [6, 6.07) is 20.8. The molecule has 1 aliphatic heterocycles. The molecule has 0 fully saturated rings. The van der Waals surface area contributed by atoms with Crippen molar-refractivity contribution in [2.24, 2.45) is 0 Å². The predicted octanol–water partition coefficient (Wildman–Crippen LogP) is 8.46. The lowest BCUT2D eigenvalue weighted by Gasteiger charge is -2.31. The molecule has 0 saturated heterocycles. The monoisotopic (exact) mass is 521 g/mol. The summed E-state index contributed by atoms with van der Waals surface area (Å²) >= 11 is 0. The maximum atomic E-state index is 10.2. The fraction of sp³-hybridized carbons (Fsp3) is 0.257. The second-order valence-corrected chi connectivity index (χ2v) is 10.4. The Morgan fingerprint density at radius 1 is 0.897 bits per heavy atom. The number of hydrogen-bond donors (Lipinski definition) is 3. The average molecular weight is 522 g/mol. The first-order valence-corrected chi connectivity index (χ1v) is 13.6. The molecular formula is C35H39NO3. The van der Waals surface area contributed by atoms with Crippen molar-refractivity contribution < 1.29 is 14.9 Å². The van der Waals surface area contributed by atoms with Gasteiger partial charge in [-0.25, -0.2) is 0 Å². The van der Waals surface area contributed by atoms with Crippen LogP contribution in [-0.4, -0.2) is 23.3 Å². The zero-order valence-corrected chi connectivity index (χ0v) is 23.4. The van der Waals surface area contributed by atoms with Crippen LogP contribution in [-0.2, 0) is 0 Å². The molecule has 202 valence electrons. The zero-order chi connectivity index (χ0) is 27.8. The van der Waals surface area contributed by atoms with Crippen LogP contribution in [0.4, 0.5) is 0 Å². The van der Waals surface area contributed by atoms with E-state index in [9.17, 15) is 10.2 Å². The number of fused-ring (bicyclic) bond motifs is 1. The molecule has 1 aliphatic rings. The molecule has 3 N–H and O–H groups in total. The molecule has 0 radical (unpaired) electrons. The van der Waals surface area contributed by atoms with Crippen molar-refractivity contribution in [1.82, 2.24) is 5.32 Å². The number of ether oxygens (including phenoxy) is 1. The second kappa shape index (κ2) is 13.2. The highest BCUT2D eigenvalue weighted by atomic mass is 16.5. The largest absolute Gasteiger partial charge is 0.508 e. The first-order chi connectivity index (χ1) is 18.8. The van der Waals surface area contributed by atoms with Gasteiger partial charge >= 0.3 is 0 Å². The standard InChI is InChI=1S/C35H39NO3/c1-24(2)9-5-6-10-25(3)23-36-20-8-11-27-14-16-28(17-15-27)35-34(29-12-7-13-30(37)21-29)26(4)32-22-31(38)18-19-33(32)39-35/h7-19,21-22,35-38H,5-6,20,23H2,1-4H3/b11-8-,25-10+. The van der Waals surface area contributed by atoms with Gasteiger partial charge in [0.1, 0.15) is 23.4 Å². The van der Waals surface area contributed by atoms with Crippen LogP contribution >= 0.6 is 0 Å². The van der Waals surface area contributed by atoms with Gasteiger partial charge < -0.3 is 20.3 Å². The van der Waals surface area contributed by atoms with Gasteiger partial charge in [0.2, 0.25) is 0 Å². The summed E-state index contributed by atoms with van der Waals surface area (Å²) in [5.41, 5.74) is 8.62. The van der Waals surface area contributed by atoms with Gasteiger partial charge in [-0.05, 0) is 93.1 Å². The van der Waals surface area contributed by atoms with Crippen LogP contribution in [0.3, 0.4) is 0 Å². The van der Waals surface area contributed by atoms with Crippen LogP contribution in [0.2, 0.25) is 0 Å². The van der Waals surface area contributed by atoms with E-state index in [0.717, 1.165) is 65.1 Å². The Balaban J connectivity index is 1.45. The van der Waals surface area contributed by atoms with Crippen LogP contribution < -0.4 is 10.1 Å². The molecule has 1 unspecified atom stereocenters. The molecule has 3 aromatic carbocycles. The second-order valence-electron chi connectivity index (χ2n) is 10.4. The third-order valence-electron chi connectivity index (χ3n) is 6.86. The number of nitrogens with one attached hydrogen (secondary N) is 1. The molecule has 0 bridgehead atoms. The van der Waals surface area contributed by atoms with E-state index in [1.807, 2.05) is 25.1 Å². The summed E-state index contributed by atoms with van der Waals surface area (Å²) in [5.74, 6) is 1.13. The van der Waals surface area contributed by atoms with E-state index in [2.05, 4.69) is 74.7 Å². The van der Waals surface area contributed by atoms with Gasteiger partial charge in [-0.3, -0.25) is 0 Å². The van der Waals surface area contributed by atoms with Crippen LogP contribution in [0.25, 0.3) is 17.2 Å². The molecule has 0 spiro atoms. The third kappa shape index (κ3) is 7.52. The van der Waals surface area contributed by atoms with Gasteiger partial charge in [0, 0.05) is 24.2 Å². The lowest BCUT2D eigenvalue weighted by atomic mass is 9.86. The minimum absolute atomic E-state index is 0.196. The van der Waals surface area contributed by atoms with E-state index in [4.69, 9.17) is 4.74 Å². The van der Waals surface area contributed by atoms with Crippen LogP contribution in [0.15, 0.2) is 96.1 Å². The number of rotatable bonds is 10. The number of hydrogen-bond acceptors (Lipinski definition) is 4. The van der Waals surface area contributed by atoms with Gasteiger partial charge in [0.15, 0.2) is 0 Å². The highest BCUT2D eigenvalue weighted by molar-refractivity contribution is 5.95. The Bertz CT molecular complexity index is 1410. The summed E-state index contributed by atoms with van der Waals surface area (Å²) in [7, 11) is 0. The van der Waals surface area contributed by atoms with Crippen molar-refractivity contribution in [2.45, 2.75) is 46.6 Å². The number of aromatic hydroxyl groups is 2. The Morgan fingerprint density at radius 2 is 1.64 bits per heavy atom. The molecule has 0 saturated carbocycles. The van der Waals surface area contributed by atoms with Crippen molar-refractivity contribution in [1.29, 1.82) is 0 Å². The van der Waals surface area contributed by atoms with Crippen molar-refractivity contribution >= 4 is 17.2 Å². The molecule has 4 heteroatoms. The Hall–Kier alpha value is -4.02. The normalized spacial score (nSPS) is 15.3. The molecule has 3 aromatic rings. The van der Waals surface area contributed by atoms with Gasteiger partial charge in [-0.1, -0.05) is 71.8 Å². The third-order valence-corrected chi connectivity index (χ3v) is 6.86. The number of allylic oxidation sites excluding steroid dienone is 4. The molecule has 1 atom stereocenters. The van der Waals surface area contributed by atoms with Crippen LogP contribution in [0.5, 0.6) is 17.2 Å².